The molecule has 2 aromatic rings. The normalized spacial score (nSPS) is 10.7. The van der Waals surface area contributed by atoms with Gasteiger partial charge in [-0.3, -0.25) is 4.68 Å². The molecule has 0 spiro atoms. The molecule has 0 aromatic carbocycles. The van der Waals surface area contributed by atoms with Crippen molar-refractivity contribution in [3.05, 3.63) is 28.4 Å². The summed E-state index contributed by atoms with van der Waals surface area (Å²) in [5.74, 6) is 0.646. The summed E-state index contributed by atoms with van der Waals surface area (Å²) >= 11 is 12.4. The molecule has 0 unspecified atom stereocenters. The Labute approximate surface area is 122 Å². The van der Waals surface area contributed by atoms with E-state index < -0.39 is 0 Å². The van der Waals surface area contributed by atoms with Crippen LogP contribution in [0.25, 0.3) is 11.4 Å². The molecule has 0 fully saturated rings. The fourth-order valence-corrected chi connectivity index (χ4v) is 2.38. The van der Waals surface area contributed by atoms with Crippen LogP contribution in [0.5, 0.6) is 0 Å². The molecule has 6 heteroatoms. The summed E-state index contributed by atoms with van der Waals surface area (Å²) in [5.41, 5.74) is 1.61. The topological polar surface area (TPSA) is 42.7 Å². The average Bonchev–Trinajstić information content (AvgIpc) is 2.81. The van der Waals surface area contributed by atoms with E-state index in [0.717, 1.165) is 25.2 Å². The highest BCUT2D eigenvalue weighted by Crippen LogP contribution is 2.32. The van der Waals surface area contributed by atoms with Crippen molar-refractivity contribution in [1.29, 1.82) is 0 Å². The highest BCUT2D eigenvalue weighted by atomic mass is 35.5. The van der Waals surface area contributed by atoms with Crippen molar-refractivity contribution in [3.63, 3.8) is 0 Å². The van der Waals surface area contributed by atoms with Gasteiger partial charge < -0.3 is 5.32 Å². The van der Waals surface area contributed by atoms with E-state index in [2.05, 4.69) is 22.3 Å². The first-order valence-electron chi connectivity index (χ1n) is 6.29. The van der Waals surface area contributed by atoms with Crippen LogP contribution in [0.1, 0.15) is 20.3 Å². The molecule has 0 aliphatic rings. The Morgan fingerprint density at radius 1 is 1.26 bits per heavy atom. The summed E-state index contributed by atoms with van der Waals surface area (Å²) < 4.78 is 1.90. The summed E-state index contributed by atoms with van der Waals surface area (Å²) in [6.07, 6.45) is 2.75. The van der Waals surface area contributed by atoms with E-state index in [1.165, 1.54) is 0 Å². The first kappa shape index (κ1) is 14.2. The molecule has 0 atom stereocenters. The third kappa shape index (κ3) is 3.01. The molecule has 0 bridgehead atoms. The Bertz CT molecular complexity index is 566. The van der Waals surface area contributed by atoms with Gasteiger partial charge in [0.05, 0.1) is 15.7 Å². The van der Waals surface area contributed by atoms with Gasteiger partial charge >= 0.3 is 0 Å². The maximum absolute atomic E-state index is 6.25. The average molecular weight is 299 g/mol. The molecule has 2 rings (SSSR count). The van der Waals surface area contributed by atoms with E-state index in [1.807, 2.05) is 17.7 Å². The van der Waals surface area contributed by atoms with Crippen LogP contribution in [-0.2, 0) is 6.54 Å². The van der Waals surface area contributed by atoms with Gasteiger partial charge in [0.1, 0.15) is 11.5 Å². The fourth-order valence-electron chi connectivity index (χ4n) is 1.86. The Morgan fingerprint density at radius 3 is 2.74 bits per heavy atom. The number of halogens is 2. The van der Waals surface area contributed by atoms with Gasteiger partial charge in [0.15, 0.2) is 0 Å². The van der Waals surface area contributed by atoms with E-state index >= 15 is 0 Å². The highest BCUT2D eigenvalue weighted by molar-refractivity contribution is 6.37. The van der Waals surface area contributed by atoms with E-state index in [1.54, 1.807) is 12.3 Å². The number of aryl methyl sites for hydroxylation is 1. The van der Waals surface area contributed by atoms with Crippen molar-refractivity contribution in [1.82, 2.24) is 14.8 Å². The zero-order chi connectivity index (χ0) is 13.8. The third-order valence-electron chi connectivity index (χ3n) is 2.67. The van der Waals surface area contributed by atoms with E-state index in [4.69, 9.17) is 23.2 Å². The number of anilines is 1. The standard InChI is InChI=1S/C13H16Cl2N4/c1-3-7-19-11(5-6-17-19)12-9(14)8-10(15)13(18-12)16-4-2/h5-6,8H,3-4,7H2,1-2H3,(H,16,18). The van der Waals surface area contributed by atoms with Gasteiger partial charge in [0.25, 0.3) is 0 Å². The fraction of sp³-hybridized carbons (Fsp3) is 0.385. The predicted octanol–water partition coefficient (Wildman–Crippen LogP) is 4.09. The summed E-state index contributed by atoms with van der Waals surface area (Å²) in [6.45, 7) is 5.68. The van der Waals surface area contributed by atoms with Crippen LogP contribution in [0.3, 0.4) is 0 Å². The quantitative estimate of drug-likeness (QED) is 0.904. The van der Waals surface area contributed by atoms with Crippen LogP contribution < -0.4 is 5.32 Å². The van der Waals surface area contributed by atoms with Gasteiger partial charge in [-0.05, 0) is 25.5 Å². The molecular weight excluding hydrogens is 283 g/mol. The highest BCUT2D eigenvalue weighted by Gasteiger charge is 2.14. The first-order chi connectivity index (χ1) is 9.17. The molecule has 4 nitrogen and oxygen atoms in total. The Balaban J connectivity index is 2.48. The second-order valence-electron chi connectivity index (χ2n) is 4.12. The Morgan fingerprint density at radius 2 is 2.05 bits per heavy atom. The molecule has 0 amide bonds. The minimum Gasteiger partial charge on any atom is -0.369 e. The molecular formula is C13H16Cl2N4. The number of pyridine rings is 1. The Kier molecular flexibility index (Phi) is 4.66. The first-order valence-corrected chi connectivity index (χ1v) is 7.05. The molecule has 2 heterocycles. The van der Waals surface area contributed by atoms with Crippen LogP contribution in [0, 0.1) is 0 Å². The SMILES string of the molecule is CCCn1nccc1-c1nc(NCC)c(Cl)cc1Cl. The monoisotopic (exact) mass is 298 g/mol. The number of aromatic nitrogens is 3. The van der Waals surface area contributed by atoms with Gasteiger partial charge in [-0.2, -0.15) is 5.10 Å². The zero-order valence-corrected chi connectivity index (χ0v) is 12.5. The van der Waals surface area contributed by atoms with Crippen LogP contribution in [0.4, 0.5) is 5.82 Å². The molecule has 0 aliphatic heterocycles. The molecule has 0 saturated heterocycles. The van der Waals surface area contributed by atoms with Gasteiger partial charge in [0.2, 0.25) is 0 Å². The summed E-state index contributed by atoms with van der Waals surface area (Å²) in [5, 5.41) is 8.47. The molecule has 19 heavy (non-hydrogen) atoms. The van der Waals surface area contributed by atoms with E-state index in [0.29, 0.717) is 21.6 Å². The summed E-state index contributed by atoms with van der Waals surface area (Å²) in [7, 11) is 0. The molecule has 0 saturated carbocycles. The number of nitrogens with zero attached hydrogens (tertiary/aromatic N) is 3. The second-order valence-corrected chi connectivity index (χ2v) is 4.93. The molecule has 1 N–H and O–H groups in total. The van der Waals surface area contributed by atoms with Crippen molar-refractivity contribution in [3.8, 4) is 11.4 Å². The lowest BCUT2D eigenvalue weighted by atomic mass is 10.2. The zero-order valence-electron chi connectivity index (χ0n) is 11.0. The van der Waals surface area contributed by atoms with Gasteiger partial charge in [-0.1, -0.05) is 30.1 Å². The predicted molar refractivity (Wildman–Crippen MR) is 79.9 cm³/mol. The van der Waals surface area contributed by atoms with Crippen molar-refractivity contribution in [2.45, 2.75) is 26.8 Å². The van der Waals surface area contributed by atoms with Gasteiger partial charge in [-0.15, -0.1) is 0 Å². The number of rotatable bonds is 5. The number of hydrogen-bond acceptors (Lipinski definition) is 3. The minimum absolute atomic E-state index is 0.525. The summed E-state index contributed by atoms with van der Waals surface area (Å²) in [4.78, 5) is 4.51. The second kappa shape index (κ2) is 6.26. The maximum Gasteiger partial charge on any atom is 0.145 e. The molecule has 0 aliphatic carbocycles. The number of nitrogens with one attached hydrogen (secondary N) is 1. The van der Waals surface area contributed by atoms with Crippen LogP contribution in [0.15, 0.2) is 18.3 Å². The lowest BCUT2D eigenvalue weighted by Crippen LogP contribution is -2.05. The van der Waals surface area contributed by atoms with Crippen LogP contribution in [0.2, 0.25) is 10.0 Å². The lowest BCUT2D eigenvalue weighted by Gasteiger charge is -2.11. The summed E-state index contributed by atoms with van der Waals surface area (Å²) in [6, 6.07) is 3.63. The van der Waals surface area contributed by atoms with Crippen molar-refractivity contribution < 1.29 is 0 Å². The largest absolute Gasteiger partial charge is 0.369 e. The van der Waals surface area contributed by atoms with Crippen molar-refractivity contribution in [2.75, 3.05) is 11.9 Å². The van der Waals surface area contributed by atoms with Crippen LogP contribution in [-0.4, -0.2) is 21.3 Å². The van der Waals surface area contributed by atoms with Crippen LogP contribution >= 0.6 is 23.2 Å². The number of hydrogen-bond donors (Lipinski definition) is 1. The molecule has 0 radical (unpaired) electrons. The van der Waals surface area contributed by atoms with Gasteiger partial charge in [0, 0.05) is 19.3 Å². The smallest absolute Gasteiger partial charge is 0.145 e. The minimum atomic E-state index is 0.525. The molecule has 102 valence electrons. The van der Waals surface area contributed by atoms with Crippen molar-refractivity contribution >= 4 is 29.0 Å². The van der Waals surface area contributed by atoms with E-state index in [-0.39, 0.29) is 0 Å². The van der Waals surface area contributed by atoms with E-state index in [9.17, 15) is 0 Å². The van der Waals surface area contributed by atoms with Crippen molar-refractivity contribution in [2.24, 2.45) is 0 Å². The lowest BCUT2D eigenvalue weighted by molar-refractivity contribution is 0.608. The van der Waals surface area contributed by atoms with Gasteiger partial charge in [-0.25, -0.2) is 4.98 Å². The Hall–Kier alpha value is -1.26. The molecule has 2 aromatic heterocycles. The maximum atomic E-state index is 6.25. The third-order valence-corrected chi connectivity index (χ3v) is 3.24.